The molecule has 1 saturated carbocycles. The van der Waals surface area contributed by atoms with Crippen LogP contribution < -0.4 is 0 Å². The number of hydrogen-bond donors (Lipinski definition) is 0. The molecule has 0 N–H and O–H groups in total. The summed E-state index contributed by atoms with van der Waals surface area (Å²) in [4.78, 5) is 1.84. The van der Waals surface area contributed by atoms with Crippen LogP contribution in [0, 0.1) is 5.41 Å². The summed E-state index contributed by atoms with van der Waals surface area (Å²) in [6.45, 7) is 7.75. The second kappa shape index (κ2) is 5.45. The fourth-order valence-corrected chi connectivity index (χ4v) is 5.52. The molecule has 1 fully saturated rings. The van der Waals surface area contributed by atoms with E-state index in [-0.39, 0.29) is 11.1 Å². The van der Waals surface area contributed by atoms with Crippen molar-refractivity contribution in [3.05, 3.63) is 70.6 Å². The molecule has 0 aromatic carbocycles. The molecule has 4 aliphatic rings. The van der Waals surface area contributed by atoms with Gasteiger partial charge in [0.2, 0.25) is 0 Å². The van der Waals surface area contributed by atoms with Crippen molar-refractivity contribution in [2.75, 3.05) is 0 Å². The molecular formula is C21H19F6N. The SMILES string of the molecule is C=C1C2(CC)C3=C(C(F)(F)F)C=C(C(F)(F)F)CC3=C3C=CC=CN3C12CC. The molecule has 4 rings (SSSR count). The van der Waals surface area contributed by atoms with E-state index in [0.29, 0.717) is 30.2 Å². The zero-order valence-electron chi connectivity index (χ0n) is 15.4. The Morgan fingerprint density at radius 2 is 1.71 bits per heavy atom. The molecule has 7 heteroatoms. The van der Waals surface area contributed by atoms with Crippen LogP contribution in [0.3, 0.4) is 0 Å². The first-order valence-corrected chi connectivity index (χ1v) is 9.14. The van der Waals surface area contributed by atoms with E-state index in [1.807, 2.05) is 11.8 Å². The third kappa shape index (κ3) is 2.05. The number of allylic oxidation sites excluding steroid dienone is 7. The second-order valence-corrected chi connectivity index (χ2v) is 7.52. The molecular weight excluding hydrogens is 380 g/mol. The van der Waals surface area contributed by atoms with E-state index in [2.05, 4.69) is 6.58 Å². The summed E-state index contributed by atoms with van der Waals surface area (Å²) >= 11 is 0. The van der Waals surface area contributed by atoms with Crippen molar-refractivity contribution in [2.24, 2.45) is 5.41 Å². The van der Waals surface area contributed by atoms with Crippen LogP contribution in [0.25, 0.3) is 0 Å². The zero-order valence-corrected chi connectivity index (χ0v) is 15.4. The molecule has 0 bridgehead atoms. The fraction of sp³-hybridized carbons (Fsp3) is 0.429. The molecule has 28 heavy (non-hydrogen) atoms. The summed E-state index contributed by atoms with van der Waals surface area (Å²) in [5.74, 6) is 0. The third-order valence-corrected chi connectivity index (χ3v) is 6.63. The van der Waals surface area contributed by atoms with Crippen LogP contribution in [-0.2, 0) is 0 Å². The highest BCUT2D eigenvalue weighted by atomic mass is 19.4. The van der Waals surface area contributed by atoms with E-state index in [0.717, 1.165) is 0 Å². The molecule has 0 aromatic heterocycles. The van der Waals surface area contributed by atoms with Gasteiger partial charge in [0.1, 0.15) is 0 Å². The van der Waals surface area contributed by atoms with Gasteiger partial charge in [-0.1, -0.05) is 26.5 Å². The van der Waals surface area contributed by atoms with Crippen molar-refractivity contribution in [1.82, 2.24) is 4.90 Å². The number of fused-ring (bicyclic) bond motifs is 5. The van der Waals surface area contributed by atoms with Gasteiger partial charge < -0.3 is 4.90 Å². The van der Waals surface area contributed by atoms with Crippen LogP contribution in [0.4, 0.5) is 26.3 Å². The highest BCUT2D eigenvalue weighted by Crippen LogP contribution is 2.77. The van der Waals surface area contributed by atoms with Gasteiger partial charge in [0.25, 0.3) is 0 Å². The molecule has 0 amide bonds. The Morgan fingerprint density at radius 1 is 1.04 bits per heavy atom. The van der Waals surface area contributed by atoms with Gasteiger partial charge in [-0.2, -0.15) is 26.3 Å². The van der Waals surface area contributed by atoms with Crippen LogP contribution in [0.15, 0.2) is 70.6 Å². The molecule has 2 aliphatic heterocycles. The van der Waals surface area contributed by atoms with Crippen LogP contribution in [-0.4, -0.2) is 22.8 Å². The molecule has 150 valence electrons. The molecule has 0 spiro atoms. The molecule has 0 saturated heterocycles. The maximum Gasteiger partial charge on any atom is 0.416 e. The van der Waals surface area contributed by atoms with Gasteiger partial charge in [0.05, 0.1) is 11.1 Å². The minimum absolute atomic E-state index is 0.0199. The zero-order chi connectivity index (χ0) is 20.7. The minimum Gasteiger partial charge on any atom is -0.337 e. The number of alkyl halides is 6. The first kappa shape index (κ1) is 19.2. The van der Waals surface area contributed by atoms with Gasteiger partial charge in [-0.25, -0.2) is 0 Å². The van der Waals surface area contributed by atoms with Crippen LogP contribution in [0.1, 0.15) is 33.1 Å². The summed E-state index contributed by atoms with van der Waals surface area (Å²) in [5, 5.41) is 0. The maximum absolute atomic E-state index is 14.0. The first-order chi connectivity index (χ1) is 13.0. The Kier molecular flexibility index (Phi) is 3.73. The molecule has 2 unspecified atom stereocenters. The Labute approximate surface area is 159 Å². The summed E-state index contributed by atoms with van der Waals surface area (Å²) in [6.07, 6.45) is -2.40. The highest BCUT2D eigenvalue weighted by molar-refractivity contribution is 5.73. The van der Waals surface area contributed by atoms with Gasteiger partial charge in [0, 0.05) is 29.3 Å². The third-order valence-electron chi connectivity index (χ3n) is 6.63. The largest absolute Gasteiger partial charge is 0.416 e. The average molecular weight is 399 g/mol. The second-order valence-electron chi connectivity index (χ2n) is 7.52. The normalized spacial score (nSPS) is 31.6. The summed E-state index contributed by atoms with van der Waals surface area (Å²) in [7, 11) is 0. The topological polar surface area (TPSA) is 3.24 Å². The molecule has 1 nitrogen and oxygen atoms in total. The van der Waals surface area contributed by atoms with E-state index in [1.165, 1.54) is 0 Å². The van der Waals surface area contributed by atoms with Gasteiger partial charge in [-0.3, -0.25) is 0 Å². The maximum atomic E-state index is 14.0. The Bertz CT molecular complexity index is 924. The van der Waals surface area contributed by atoms with Crippen LogP contribution in [0.5, 0.6) is 0 Å². The molecule has 0 radical (unpaired) electrons. The van der Waals surface area contributed by atoms with E-state index in [4.69, 9.17) is 0 Å². The minimum atomic E-state index is -4.89. The van der Waals surface area contributed by atoms with E-state index < -0.39 is 40.9 Å². The lowest BCUT2D eigenvalue weighted by molar-refractivity contribution is -0.0986. The standard InChI is InChI=1S/C21H19F6N/c1-4-18-12(3)19(18,5-2)28-9-7-6-8-16(28)14-10-13(20(22,23)24)11-15(17(14)18)21(25,26)27/h6-9,11H,3-5,10H2,1-2H3. The Morgan fingerprint density at radius 3 is 2.25 bits per heavy atom. The van der Waals surface area contributed by atoms with Crippen molar-refractivity contribution in [1.29, 1.82) is 0 Å². The number of halogens is 6. The number of nitrogens with zero attached hydrogens (tertiary/aromatic N) is 1. The highest BCUT2D eigenvalue weighted by Gasteiger charge is 2.77. The summed E-state index contributed by atoms with van der Waals surface area (Å²) < 4.78 is 82.3. The fourth-order valence-electron chi connectivity index (χ4n) is 5.52. The quantitative estimate of drug-likeness (QED) is 0.378. The molecule has 0 aromatic rings. The van der Waals surface area contributed by atoms with Crippen molar-refractivity contribution in [2.45, 2.75) is 51.0 Å². The number of hydrogen-bond acceptors (Lipinski definition) is 1. The van der Waals surface area contributed by atoms with Gasteiger partial charge in [0.15, 0.2) is 0 Å². The van der Waals surface area contributed by atoms with Crippen molar-refractivity contribution in [3.8, 4) is 0 Å². The summed E-state index contributed by atoms with van der Waals surface area (Å²) in [6, 6.07) is 0. The van der Waals surface area contributed by atoms with Crippen molar-refractivity contribution in [3.63, 3.8) is 0 Å². The van der Waals surface area contributed by atoms with Crippen molar-refractivity contribution >= 4 is 0 Å². The molecule has 2 aliphatic carbocycles. The van der Waals surface area contributed by atoms with Crippen molar-refractivity contribution < 1.29 is 26.3 Å². The summed E-state index contributed by atoms with van der Waals surface area (Å²) in [5.41, 5.74) is -2.98. The monoisotopic (exact) mass is 399 g/mol. The van der Waals surface area contributed by atoms with E-state index in [1.54, 1.807) is 31.4 Å². The lowest BCUT2D eigenvalue weighted by Gasteiger charge is -2.45. The van der Waals surface area contributed by atoms with Gasteiger partial charge in [-0.05, 0) is 47.8 Å². The molecule has 2 heterocycles. The Balaban J connectivity index is 2.12. The van der Waals surface area contributed by atoms with E-state index in [9.17, 15) is 26.3 Å². The lowest BCUT2D eigenvalue weighted by atomic mass is 9.71. The average Bonchev–Trinajstić information content (AvgIpc) is 3.19. The van der Waals surface area contributed by atoms with Crippen LogP contribution >= 0.6 is 0 Å². The predicted octanol–water partition coefficient (Wildman–Crippen LogP) is 6.51. The number of rotatable bonds is 2. The Hall–Kier alpha value is -2.18. The van der Waals surface area contributed by atoms with E-state index >= 15 is 0 Å². The van der Waals surface area contributed by atoms with Gasteiger partial charge >= 0.3 is 12.4 Å². The van der Waals surface area contributed by atoms with Gasteiger partial charge in [-0.15, -0.1) is 0 Å². The smallest absolute Gasteiger partial charge is 0.337 e. The lowest BCUT2D eigenvalue weighted by Crippen LogP contribution is -2.44. The predicted molar refractivity (Wildman–Crippen MR) is 93.9 cm³/mol. The van der Waals surface area contributed by atoms with Crippen LogP contribution in [0.2, 0.25) is 0 Å². The first-order valence-electron chi connectivity index (χ1n) is 9.14. The molecule has 2 atom stereocenters.